The molecule has 0 saturated heterocycles. The van der Waals surface area contributed by atoms with Crippen molar-refractivity contribution in [3.8, 4) is 22.6 Å². The molecule has 0 bridgehead atoms. The average Bonchev–Trinajstić information content (AvgIpc) is 3.48. The van der Waals surface area contributed by atoms with E-state index in [1.165, 1.54) is 0 Å². The van der Waals surface area contributed by atoms with Crippen LogP contribution in [0.4, 0.5) is 5.95 Å². The highest BCUT2D eigenvalue weighted by molar-refractivity contribution is 5.89. The van der Waals surface area contributed by atoms with Crippen molar-refractivity contribution < 1.29 is 9.21 Å². The van der Waals surface area contributed by atoms with Gasteiger partial charge in [-0.3, -0.25) is 9.69 Å². The monoisotopic (exact) mass is 385 g/mol. The van der Waals surface area contributed by atoms with Crippen LogP contribution in [0, 0.1) is 13.8 Å². The van der Waals surface area contributed by atoms with Crippen LogP contribution in [0.15, 0.2) is 47.3 Å². The summed E-state index contributed by atoms with van der Waals surface area (Å²) >= 11 is 0. The van der Waals surface area contributed by atoms with E-state index in [0.29, 0.717) is 17.4 Å². The summed E-state index contributed by atoms with van der Waals surface area (Å²) in [7, 11) is 0. The molecule has 5 rings (SSSR count). The number of carbonyl (C=O) groups excluding carboxylic acids is 1. The van der Waals surface area contributed by atoms with Crippen LogP contribution in [0.1, 0.15) is 24.3 Å². The van der Waals surface area contributed by atoms with Crippen LogP contribution in [-0.2, 0) is 4.79 Å². The molecule has 0 spiro atoms. The highest BCUT2D eigenvalue weighted by Crippen LogP contribution is 2.35. The van der Waals surface area contributed by atoms with Crippen LogP contribution < -0.4 is 4.90 Å². The zero-order chi connectivity index (χ0) is 20.0. The fraction of sp³-hybridized carbons (Fsp3) is 0.227. The quantitative estimate of drug-likeness (QED) is 0.481. The van der Waals surface area contributed by atoms with E-state index >= 15 is 0 Å². The van der Waals surface area contributed by atoms with E-state index in [1.807, 2.05) is 44.2 Å². The molecule has 1 aliphatic rings. The zero-order valence-electron chi connectivity index (χ0n) is 16.2. The zero-order valence-corrected chi connectivity index (χ0v) is 16.2. The molecule has 7 nitrogen and oxygen atoms in total. The van der Waals surface area contributed by atoms with Gasteiger partial charge in [0, 0.05) is 28.9 Å². The Balaban J connectivity index is 1.69. The molecule has 0 unspecified atom stereocenters. The number of carbonyl (C=O) groups is 1. The normalized spacial score (nSPS) is 13.6. The lowest BCUT2D eigenvalue weighted by atomic mass is 10.0. The lowest BCUT2D eigenvalue weighted by molar-refractivity contribution is -0.107. The minimum atomic E-state index is 0.185. The van der Waals surface area contributed by atoms with Crippen LogP contribution in [0.2, 0.25) is 0 Å². The summed E-state index contributed by atoms with van der Waals surface area (Å²) in [6.45, 7) is 3.85. The molecule has 0 N–H and O–H groups in total. The van der Waals surface area contributed by atoms with Gasteiger partial charge in [0.25, 0.3) is 0 Å². The van der Waals surface area contributed by atoms with Gasteiger partial charge in [-0.1, -0.05) is 6.07 Å². The van der Waals surface area contributed by atoms with Crippen LogP contribution in [0.25, 0.3) is 33.5 Å². The molecule has 1 fully saturated rings. The van der Waals surface area contributed by atoms with Gasteiger partial charge in [0.2, 0.25) is 12.4 Å². The minimum Gasteiger partial charge on any atom is -0.460 e. The van der Waals surface area contributed by atoms with Crippen LogP contribution in [0.3, 0.4) is 0 Å². The number of hydrogen-bond acceptors (Lipinski definition) is 6. The number of nitrogens with zero attached hydrogens (tertiary/aromatic N) is 5. The summed E-state index contributed by atoms with van der Waals surface area (Å²) in [6.07, 6.45) is 6.08. The third-order valence-electron chi connectivity index (χ3n) is 5.18. The summed E-state index contributed by atoms with van der Waals surface area (Å²) < 4.78 is 5.87. The van der Waals surface area contributed by atoms with Gasteiger partial charge >= 0.3 is 0 Å². The molecule has 4 aromatic rings. The van der Waals surface area contributed by atoms with Gasteiger partial charge in [0.15, 0.2) is 5.76 Å². The number of benzene rings is 1. The molecule has 0 aliphatic heterocycles. The van der Waals surface area contributed by atoms with Gasteiger partial charge in [-0.15, -0.1) is 0 Å². The first-order valence-corrected chi connectivity index (χ1v) is 9.53. The predicted octanol–water partition coefficient (Wildman–Crippen LogP) is 4.09. The Morgan fingerprint density at radius 1 is 1.10 bits per heavy atom. The van der Waals surface area contributed by atoms with E-state index < -0.39 is 0 Å². The molecule has 3 aromatic heterocycles. The van der Waals surface area contributed by atoms with Gasteiger partial charge in [0.05, 0.1) is 5.52 Å². The average molecular weight is 385 g/mol. The number of rotatable bonds is 5. The summed E-state index contributed by atoms with van der Waals surface area (Å²) in [5.74, 6) is 1.84. The molecule has 144 valence electrons. The number of anilines is 1. The molecular formula is C22H19N5O2. The molecule has 3 heterocycles. The van der Waals surface area contributed by atoms with Crippen molar-refractivity contribution in [3.63, 3.8) is 0 Å². The number of hydrogen-bond donors (Lipinski definition) is 0. The second kappa shape index (κ2) is 6.77. The standard InChI is InChI=1S/C22H19N5O2/c1-13-3-8-20(29-13)21-18(10-23-22(26-21)27(12-28)16-5-6-16)15-4-7-19-17(9-15)14(2)24-11-25-19/h3-4,7-12,16H,5-6H2,1-2H3. The fourth-order valence-corrected chi connectivity index (χ4v) is 3.46. The Hall–Kier alpha value is -3.61. The molecule has 29 heavy (non-hydrogen) atoms. The lowest BCUT2D eigenvalue weighted by Gasteiger charge is -2.16. The van der Waals surface area contributed by atoms with Crippen molar-refractivity contribution >= 4 is 23.3 Å². The first kappa shape index (κ1) is 17.5. The molecule has 1 aliphatic carbocycles. The predicted molar refractivity (Wildman–Crippen MR) is 109 cm³/mol. The van der Waals surface area contributed by atoms with Gasteiger partial charge in [-0.25, -0.2) is 19.9 Å². The number of amides is 1. The van der Waals surface area contributed by atoms with Crippen molar-refractivity contribution in [1.29, 1.82) is 0 Å². The summed E-state index contributed by atoms with van der Waals surface area (Å²) in [5.41, 5.74) is 4.22. The first-order chi connectivity index (χ1) is 14.1. The summed E-state index contributed by atoms with van der Waals surface area (Å²) in [4.78, 5) is 31.0. The highest BCUT2D eigenvalue weighted by atomic mass is 16.3. The van der Waals surface area contributed by atoms with Gasteiger partial charge in [0.1, 0.15) is 17.8 Å². The Labute approximate surface area is 167 Å². The van der Waals surface area contributed by atoms with Crippen molar-refractivity contribution in [2.24, 2.45) is 0 Å². The molecule has 1 aromatic carbocycles. The summed E-state index contributed by atoms with van der Waals surface area (Å²) in [6, 6.07) is 9.98. The number of aromatic nitrogens is 4. The largest absolute Gasteiger partial charge is 0.460 e. The third kappa shape index (κ3) is 3.14. The van der Waals surface area contributed by atoms with Crippen molar-refractivity contribution in [2.45, 2.75) is 32.7 Å². The molecule has 0 atom stereocenters. The molecule has 0 radical (unpaired) electrons. The topological polar surface area (TPSA) is 85.0 Å². The van der Waals surface area contributed by atoms with Gasteiger partial charge in [-0.05, 0) is 56.5 Å². The van der Waals surface area contributed by atoms with Crippen molar-refractivity contribution in [3.05, 3.63) is 54.3 Å². The maximum absolute atomic E-state index is 11.6. The van der Waals surface area contributed by atoms with E-state index in [-0.39, 0.29) is 6.04 Å². The Kier molecular flexibility index (Phi) is 4.08. The van der Waals surface area contributed by atoms with Crippen molar-refractivity contribution in [1.82, 2.24) is 19.9 Å². The maximum Gasteiger partial charge on any atom is 0.232 e. The molecular weight excluding hydrogens is 366 g/mol. The van der Waals surface area contributed by atoms with Gasteiger partial charge < -0.3 is 4.42 Å². The van der Waals surface area contributed by atoms with Crippen LogP contribution in [-0.4, -0.2) is 32.4 Å². The summed E-state index contributed by atoms with van der Waals surface area (Å²) in [5, 5.41) is 0.975. The smallest absolute Gasteiger partial charge is 0.232 e. The van der Waals surface area contributed by atoms with E-state index in [4.69, 9.17) is 9.40 Å². The lowest BCUT2D eigenvalue weighted by Crippen LogP contribution is -2.25. The first-order valence-electron chi connectivity index (χ1n) is 9.53. The Morgan fingerprint density at radius 2 is 1.97 bits per heavy atom. The highest BCUT2D eigenvalue weighted by Gasteiger charge is 2.31. The Morgan fingerprint density at radius 3 is 2.69 bits per heavy atom. The van der Waals surface area contributed by atoms with E-state index in [9.17, 15) is 4.79 Å². The number of furan rings is 1. The molecule has 7 heteroatoms. The van der Waals surface area contributed by atoms with Gasteiger partial charge in [-0.2, -0.15) is 0 Å². The molecule has 1 saturated carbocycles. The van der Waals surface area contributed by atoms with Crippen LogP contribution >= 0.6 is 0 Å². The Bertz CT molecular complexity index is 1230. The number of fused-ring (bicyclic) bond motifs is 1. The molecule has 1 amide bonds. The van der Waals surface area contributed by atoms with Crippen LogP contribution in [0.5, 0.6) is 0 Å². The minimum absolute atomic E-state index is 0.185. The van der Waals surface area contributed by atoms with E-state index in [2.05, 4.69) is 15.0 Å². The fourth-order valence-electron chi connectivity index (χ4n) is 3.46. The second-order valence-electron chi connectivity index (χ2n) is 7.28. The number of aryl methyl sites for hydroxylation is 2. The second-order valence-corrected chi connectivity index (χ2v) is 7.28. The van der Waals surface area contributed by atoms with Crippen molar-refractivity contribution in [2.75, 3.05) is 4.90 Å². The van der Waals surface area contributed by atoms with E-state index in [1.54, 1.807) is 17.4 Å². The SMILES string of the molecule is Cc1ccc(-c2nc(N(C=O)C3CC3)ncc2-c2ccc3ncnc(C)c3c2)o1. The maximum atomic E-state index is 11.6. The third-order valence-corrected chi connectivity index (χ3v) is 5.18. The van der Waals surface area contributed by atoms with E-state index in [0.717, 1.165) is 52.7 Å².